The lowest BCUT2D eigenvalue weighted by Gasteiger charge is -2.02. The highest BCUT2D eigenvalue weighted by molar-refractivity contribution is 8.00. The van der Waals surface area contributed by atoms with Crippen molar-refractivity contribution in [3.63, 3.8) is 0 Å². The van der Waals surface area contributed by atoms with E-state index < -0.39 is 5.97 Å². The third-order valence-electron chi connectivity index (χ3n) is 2.56. The molecule has 1 aromatic heterocycles. The number of carbonyl (C=O) groups is 2. The minimum atomic E-state index is -0.927. The highest BCUT2D eigenvalue weighted by Crippen LogP contribution is 2.09. The Hall–Kier alpha value is -2.28. The van der Waals surface area contributed by atoms with Crippen LogP contribution in [0.2, 0.25) is 0 Å². The first-order valence-electron chi connectivity index (χ1n) is 6.29. The highest BCUT2D eigenvalue weighted by atomic mass is 32.2. The van der Waals surface area contributed by atoms with Crippen molar-refractivity contribution in [2.75, 3.05) is 16.8 Å². The van der Waals surface area contributed by atoms with Gasteiger partial charge in [0.15, 0.2) is 0 Å². The van der Waals surface area contributed by atoms with Crippen molar-refractivity contribution in [3.05, 3.63) is 48.3 Å². The van der Waals surface area contributed by atoms with Gasteiger partial charge in [-0.3, -0.25) is 14.3 Å². The molecule has 0 aliphatic carbocycles. The van der Waals surface area contributed by atoms with Gasteiger partial charge in [-0.1, -0.05) is 30.3 Å². The second-order valence-corrected chi connectivity index (χ2v) is 5.33. The van der Waals surface area contributed by atoms with Gasteiger partial charge in [0.25, 0.3) is 0 Å². The summed E-state index contributed by atoms with van der Waals surface area (Å²) in [6, 6.07) is 9.88. The van der Waals surface area contributed by atoms with E-state index >= 15 is 0 Å². The smallest absolute Gasteiger partial charge is 0.313 e. The molecule has 0 bridgehead atoms. The van der Waals surface area contributed by atoms with Gasteiger partial charge >= 0.3 is 5.97 Å². The van der Waals surface area contributed by atoms with E-state index in [1.165, 1.54) is 0 Å². The molecule has 2 N–H and O–H groups in total. The Morgan fingerprint density at radius 3 is 2.71 bits per heavy atom. The van der Waals surface area contributed by atoms with Gasteiger partial charge < -0.3 is 10.4 Å². The van der Waals surface area contributed by atoms with E-state index in [1.807, 2.05) is 30.3 Å². The van der Waals surface area contributed by atoms with Gasteiger partial charge in [-0.2, -0.15) is 5.10 Å². The molecule has 0 fully saturated rings. The van der Waals surface area contributed by atoms with Crippen LogP contribution >= 0.6 is 11.8 Å². The number of carbonyl (C=O) groups excluding carboxylic acids is 1. The highest BCUT2D eigenvalue weighted by Gasteiger charge is 2.06. The van der Waals surface area contributed by atoms with Crippen molar-refractivity contribution in [2.24, 2.45) is 0 Å². The quantitative estimate of drug-likeness (QED) is 0.813. The fourth-order valence-electron chi connectivity index (χ4n) is 1.71. The molecule has 1 aromatic carbocycles. The molecule has 1 heterocycles. The molecular weight excluding hydrogens is 290 g/mol. The number of rotatable bonds is 7. The van der Waals surface area contributed by atoms with Crippen LogP contribution in [-0.4, -0.2) is 38.3 Å². The number of aromatic nitrogens is 2. The average molecular weight is 305 g/mol. The number of nitrogens with one attached hydrogen (secondary N) is 1. The number of hydrogen-bond donors (Lipinski definition) is 2. The zero-order valence-corrected chi connectivity index (χ0v) is 12.0. The number of thioether (sulfide) groups is 1. The lowest BCUT2D eigenvalue weighted by atomic mass is 10.2. The zero-order chi connectivity index (χ0) is 15.1. The van der Waals surface area contributed by atoms with Gasteiger partial charge in [-0.15, -0.1) is 11.8 Å². The predicted octanol–water partition coefficient (Wildman–Crippen LogP) is 1.69. The van der Waals surface area contributed by atoms with E-state index in [0.717, 1.165) is 17.3 Å². The van der Waals surface area contributed by atoms with Crippen LogP contribution in [0.3, 0.4) is 0 Å². The molecule has 2 aromatic rings. The van der Waals surface area contributed by atoms with Crippen LogP contribution in [0.25, 0.3) is 0 Å². The Balaban J connectivity index is 1.82. The van der Waals surface area contributed by atoms with Crippen molar-refractivity contribution in [1.29, 1.82) is 0 Å². The summed E-state index contributed by atoms with van der Waals surface area (Å²) < 4.78 is 1.73. The number of hydrogen-bond acceptors (Lipinski definition) is 4. The molecule has 0 saturated heterocycles. The third-order valence-corrected chi connectivity index (χ3v) is 3.48. The number of anilines is 1. The molecule has 21 heavy (non-hydrogen) atoms. The summed E-state index contributed by atoms with van der Waals surface area (Å²) in [5.74, 6) is -1.14. The van der Waals surface area contributed by atoms with Crippen molar-refractivity contribution < 1.29 is 14.7 Å². The number of amides is 1. The second-order valence-electron chi connectivity index (χ2n) is 4.35. The zero-order valence-electron chi connectivity index (χ0n) is 11.2. The van der Waals surface area contributed by atoms with Crippen LogP contribution < -0.4 is 5.32 Å². The fourth-order valence-corrected chi connectivity index (χ4v) is 2.25. The van der Waals surface area contributed by atoms with Crippen LogP contribution in [-0.2, 0) is 16.1 Å². The Labute approximate surface area is 126 Å². The number of nitrogens with zero attached hydrogens (tertiary/aromatic N) is 2. The molecule has 6 nitrogen and oxygen atoms in total. The topological polar surface area (TPSA) is 84.2 Å². The number of aliphatic carboxylic acids is 1. The van der Waals surface area contributed by atoms with Crippen LogP contribution in [0.15, 0.2) is 42.7 Å². The maximum absolute atomic E-state index is 11.6. The largest absolute Gasteiger partial charge is 0.481 e. The summed E-state index contributed by atoms with van der Waals surface area (Å²) in [7, 11) is 0. The first kappa shape index (κ1) is 15.1. The van der Waals surface area contributed by atoms with Crippen LogP contribution in [0, 0.1) is 0 Å². The lowest BCUT2D eigenvalue weighted by Crippen LogP contribution is -2.15. The summed E-state index contributed by atoms with van der Waals surface area (Å²) in [5.41, 5.74) is 1.72. The van der Waals surface area contributed by atoms with Crippen molar-refractivity contribution in [1.82, 2.24) is 9.78 Å². The van der Waals surface area contributed by atoms with E-state index in [9.17, 15) is 9.59 Å². The average Bonchev–Trinajstić information content (AvgIpc) is 2.86. The number of carboxylic acid groups (broad SMARTS) is 1. The molecule has 0 unspecified atom stereocenters. The Morgan fingerprint density at radius 1 is 1.24 bits per heavy atom. The van der Waals surface area contributed by atoms with Gasteiger partial charge in [0.2, 0.25) is 5.91 Å². The maximum atomic E-state index is 11.6. The number of benzene rings is 1. The van der Waals surface area contributed by atoms with Crippen molar-refractivity contribution in [3.8, 4) is 0 Å². The van der Waals surface area contributed by atoms with E-state index in [1.54, 1.807) is 17.1 Å². The van der Waals surface area contributed by atoms with Crippen molar-refractivity contribution in [2.45, 2.75) is 6.54 Å². The molecule has 110 valence electrons. The van der Waals surface area contributed by atoms with E-state index in [2.05, 4.69) is 10.4 Å². The molecule has 2 rings (SSSR count). The van der Waals surface area contributed by atoms with Crippen molar-refractivity contribution >= 4 is 29.3 Å². The summed E-state index contributed by atoms with van der Waals surface area (Å²) in [5, 5.41) is 15.4. The minimum Gasteiger partial charge on any atom is -0.481 e. The van der Waals surface area contributed by atoms with Crippen LogP contribution in [0.4, 0.5) is 5.69 Å². The normalized spacial score (nSPS) is 10.3. The molecule has 0 aliphatic heterocycles. The standard InChI is InChI=1S/C14H15N3O3S/c18-13(9-21-10-14(19)20)16-12-6-15-17(8-12)7-11-4-2-1-3-5-11/h1-6,8H,7,9-10H2,(H,16,18)(H,19,20). The molecule has 1 amide bonds. The van der Waals surface area contributed by atoms with Gasteiger partial charge in [0.05, 0.1) is 29.9 Å². The van der Waals surface area contributed by atoms with Gasteiger partial charge in [0.1, 0.15) is 0 Å². The number of carboxylic acids is 1. The van der Waals surface area contributed by atoms with Gasteiger partial charge in [-0.25, -0.2) is 0 Å². The molecule has 7 heteroatoms. The second kappa shape index (κ2) is 7.49. The lowest BCUT2D eigenvalue weighted by molar-refractivity contribution is -0.133. The van der Waals surface area contributed by atoms with Gasteiger partial charge in [-0.05, 0) is 5.56 Å². The maximum Gasteiger partial charge on any atom is 0.313 e. The Kier molecular flexibility index (Phi) is 5.39. The molecule has 0 spiro atoms. The van der Waals surface area contributed by atoms with Crippen LogP contribution in [0.1, 0.15) is 5.56 Å². The van der Waals surface area contributed by atoms with Gasteiger partial charge in [0, 0.05) is 6.20 Å². The fraction of sp³-hybridized carbons (Fsp3) is 0.214. The third kappa shape index (κ3) is 5.31. The SMILES string of the molecule is O=C(O)CSCC(=O)Nc1cnn(Cc2ccccc2)c1. The Morgan fingerprint density at radius 2 is 2.00 bits per heavy atom. The van der Waals surface area contributed by atoms with Crippen LogP contribution in [0.5, 0.6) is 0 Å². The first-order chi connectivity index (χ1) is 10.1. The van der Waals surface area contributed by atoms with E-state index in [4.69, 9.17) is 5.11 Å². The summed E-state index contributed by atoms with van der Waals surface area (Å²) in [6.07, 6.45) is 3.31. The minimum absolute atomic E-state index is 0.0826. The summed E-state index contributed by atoms with van der Waals surface area (Å²) in [4.78, 5) is 21.9. The Bertz CT molecular complexity index is 613. The van der Waals surface area contributed by atoms with E-state index in [-0.39, 0.29) is 17.4 Å². The molecule has 0 saturated carbocycles. The molecule has 0 radical (unpaired) electrons. The summed E-state index contributed by atoms with van der Waals surface area (Å²) in [6.45, 7) is 0.629. The summed E-state index contributed by atoms with van der Waals surface area (Å²) >= 11 is 1.06. The molecule has 0 aliphatic rings. The first-order valence-corrected chi connectivity index (χ1v) is 7.45. The molecular formula is C14H15N3O3S. The van der Waals surface area contributed by atoms with E-state index in [0.29, 0.717) is 12.2 Å². The monoisotopic (exact) mass is 305 g/mol. The molecule has 0 atom stereocenters. The predicted molar refractivity (Wildman–Crippen MR) is 81.4 cm³/mol.